The molecule has 2 nitrogen and oxygen atoms in total. The third-order valence-electron chi connectivity index (χ3n) is 7.45. The summed E-state index contributed by atoms with van der Waals surface area (Å²) in [7, 11) is 0. The van der Waals surface area contributed by atoms with Crippen LogP contribution >= 0.6 is 0 Å². The van der Waals surface area contributed by atoms with E-state index < -0.39 is 29.7 Å². The zero-order valence-electron chi connectivity index (χ0n) is 20.1. The van der Waals surface area contributed by atoms with Crippen LogP contribution in [0.3, 0.4) is 0 Å². The van der Waals surface area contributed by atoms with Gasteiger partial charge in [-0.05, 0) is 48.1 Å². The number of halogens is 5. The van der Waals surface area contributed by atoms with Crippen LogP contribution in [0.4, 0.5) is 22.0 Å². The molecule has 1 aliphatic carbocycles. The molecular formula is C28H33F5O2. The summed E-state index contributed by atoms with van der Waals surface area (Å²) >= 11 is 0. The molecule has 0 spiro atoms. The van der Waals surface area contributed by atoms with Gasteiger partial charge in [-0.3, -0.25) is 0 Å². The molecular weight excluding hydrogens is 463 g/mol. The number of alkyl halides is 3. The standard InChI is InChI=1S/C28H33F5O2/c1-2-3-18-4-6-19(7-5-18)8-9-20-16-34-27(35-17-20)22-14-24(29)26(25(30)15-22)21-10-12-23(13-11-21)28(31,32)33/h10-15,18-20,27H,2-9,16-17H2,1H3. The number of rotatable bonds is 7. The molecule has 0 amide bonds. The molecule has 1 saturated heterocycles. The van der Waals surface area contributed by atoms with E-state index in [1.54, 1.807) is 0 Å². The minimum absolute atomic E-state index is 0.0359. The number of hydrogen-bond acceptors (Lipinski definition) is 2. The lowest BCUT2D eigenvalue weighted by Gasteiger charge is -2.32. The van der Waals surface area contributed by atoms with E-state index in [9.17, 15) is 22.0 Å². The normalized spacial score (nSPS) is 25.5. The summed E-state index contributed by atoms with van der Waals surface area (Å²) < 4.78 is 79.5. The van der Waals surface area contributed by atoms with Gasteiger partial charge < -0.3 is 9.47 Å². The van der Waals surface area contributed by atoms with Gasteiger partial charge in [0.05, 0.1) is 24.3 Å². The fourth-order valence-corrected chi connectivity index (χ4v) is 5.42. The van der Waals surface area contributed by atoms with E-state index in [0.29, 0.717) is 13.2 Å². The van der Waals surface area contributed by atoms with E-state index in [-0.39, 0.29) is 22.6 Å². The second kappa shape index (κ2) is 11.4. The summed E-state index contributed by atoms with van der Waals surface area (Å²) in [5.74, 6) is 0.188. The molecule has 0 bridgehead atoms. The smallest absolute Gasteiger partial charge is 0.348 e. The van der Waals surface area contributed by atoms with E-state index in [4.69, 9.17) is 9.47 Å². The van der Waals surface area contributed by atoms with Crippen LogP contribution in [0.2, 0.25) is 0 Å². The van der Waals surface area contributed by atoms with Crippen molar-refractivity contribution < 1.29 is 31.4 Å². The van der Waals surface area contributed by atoms with E-state index in [0.717, 1.165) is 61.1 Å². The first kappa shape index (κ1) is 26.1. The average Bonchev–Trinajstić information content (AvgIpc) is 2.83. The summed E-state index contributed by atoms with van der Waals surface area (Å²) in [5.41, 5.74) is -0.983. The fraction of sp³-hybridized carbons (Fsp3) is 0.571. The van der Waals surface area contributed by atoms with Gasteiger partial charge >= 0.3 is 6.18 Å². The molecule has 1 saturated carbocycles. The molecule has 0 aromatic heterocycles. The van der Waals surface area contributed by atoms with E-state index >= 15 is 0 Å². The van der Waals surface area contributed by atoms with Crippen LogP contribution < -0.4 is 0 Å². The minimum Gasteiger partial charge on any atom is -0.348 e. The van der Waals surface area contributed by atoms with Crippen LogP contribution in [0.5, 0.6) is 0 Å². The zero-order chi connectivity index (χ0) is 25.0. The molecule has 0 radical (unpaired) electrons. The second-order valence-corrected chi connectivity index (χ2v) is 10.1. The lowest BCUT2D eigenvalue weighted by atomic mass is 9.77. The monoisotopic (exact) mass is 496 g/mol. The Morgan fingerprint density at radius 3 is 1.80 bits per heavy atom. The minimum atomic E-state index is -4.51. The summed E-state index contributed by atoms with van der Waals surface area (Å²) in [4.78, 5) is 0. The summed E-state index contributed by atoms with van der Waals surface area (Å²) in [6.45, 7) is 3.19. The average molecular weight is 497 g/mol. The SMILES string of the molecule is CCCC1CCC(CCC2COC(c3cc(F)c(-c4ccc(C(F)(F)F)cc4)c(F)c3)OC2)CC1. The van der Waals surface area contributed by atoms with Crippen LogP contribution in [0.1, 0.15) is 75.7 Å². The zero-order valence-corrected chi connectivity index (χ0v) is 20.1. The lowest BCUT2D eigenvalue weighted by molar-refractivity contribution is -0.206. The molecule has 0 atom stereocenters. The molecule has 1 heterocycles. The third kappa shape index (κ3) is 6.62. The van der Waals surface area contributed by atoms with Crippen molar-refractivity contribution in [2.45, 2.75) is 70.8 Å². The molecule has 0 unspecified atom stereocenters. The molecule has 2 aliphatic rings. The van der Waals surface area contributed by atoms with Crippen LogP contribution in [0.15, 0.2) is 36.4 Å². The van der Waals surface area contributed by atoms with Crippen molar-refractivity contribution in [3.05, 3.63) is 59.2 Å². The quantitative estimate of drug-likeness (QED) is 0.357. The van der Waals surface area contributed by atoms with Crippen molar-refractivity contribution in [3.8, 4) is 11.1 Å². The van der Waals surface area contributed by atoms with Crippen molar-refractivity contribution in [1.29, 1.82) is 0 Å². The van der Waals surface area contributed by atoms with Crippen LogP contribution in [0.25, 0.3) is 11.1 Å². The molecule has 1 aliphatic heterocycles. The van der Waals surface area contributed by atoms with E-state index in [1.807, 2.05) is 0 Å². The molecule has 2 aromatic carbocycles. The van der Waals surface area contributed by atoms with Gasteiger partial charge in [0.2, 0.25) is 0 Å². The Morgan fingerprint density at radius 2 is 1.29 bits per heavy atom. The Kier molecular flexibility index (Phi) is 8.48. The Morgan fingerprint density at radius 1 is 0.771 bits per heavy atom. The van der Waals surface area contributed by atoms with Gasteiger partial charge in [0.25, 0.3) is 0 Å². The fourth-order valence-electron chi connectivity index (χ4n) is 5.42. The van der Waals surface area contributed by atoms with Gasteiger partial charge in [0.1, 0.15) is 11.6 Å². The third-order valence-corrected chi connectivity index (χ3v) is 7.45. The molecule has 35 heavy (non-hydrogen) atoms. The van der Waals surface area contributed by atoms with Crippen molar-refractivity contribution in [3.63, 3.8) is 0 Å². The van der Waals surface area contributed by atoms with Crippen molar-refractivity contribution in [2.75, 3.05) is 13.2 Å². The first-order valence-electron chi connectivity index (χ1n) is 12.6. The Bertz CT molecular complexity index is 933. The maximum atomic E-state index is 14.8. The summed E-state index contributed by atoms with van der Waals surface area (Å²) in [5, 5.41) is 0. The predicted molar refractivity (Wildman–Crippen MR) is 125 cm³/mol. The number of ether oxygens (including phenoxy) is 2. The first-order chi connectivity index (χ1) is 16.7. The Balaban J connectivity index is 1.31. The van der Waals surface area contributed by atoms with Gasteiger partial charge in [-0.25, -0.2) is 8.78 Å². The van der Waals surface area contributed by atoms with Crippen LogP contribution in [0, 0.1) is 29.4 Å². The van der Waals surface area contributed by atoms with Crippen LogP contribution in [-0.2, 0) is 15.7 Å². The summed E-state index contributed by atoms with van der Waals surface area (Å²) in [6.07, 6.45) is 4.66. The van der Waals surface area contributed by atoms with Gasteiger partial charge in [-0.1, -0.05) is 64.0 Å². The van der Waals surface area contributed by atoms with Gasteiger partial charge in [0.15, 0.2) is 6.29 Å². The highest BCUT2D eigenvalue weighted by Crippen LogP contribution is 2.37. The molecule has 192 valence electrons. The molecule has 2 aromatic rings. The summed E-state index contributed by atoms with van der Waals surface area (Å²) in [6, 6.07) is 6.03. The largest absolute Gasteiger partial charge is 0.416 e. The maximum Gasteiger partial charge on any atom is 0.416 e. The highest BCUT2D eigenvalue weighted by molar-refractivity contribution is 5.65. The predicted octanol–water partition coefficient (Wildman–Crippen LogP) is 8.70. The molecule has 7 heteroatoms. The highest BCUT2D eigenvalue weighted by Gasteiger charge is 2.31. The van der Waals surface area contributed by atoms with Crippen molar-refractivity contribution in [1.82, 2.24) is 0 Å². The molecule has 0 N–H and O–H groups in total. The molecule has 2 fully saturated rings. The number of benzene rings is 2. The van der Waals surface area contributed by atoms with Gasteiger partial charge in [-0.2, -0.15) is 13.2 Å². The highest BCUT2D eigenvalue weighted by atomic mass is 19.4. The first-order valence-corrected chi connectivity index (χ1v) is 12.6. The van der Waals surface area contributed by atoms with E-state index in [1.165, 1.54) is 38.5 Å². The lowest BCUT2D eigenvalue weighted by Crippen LogP contribution is -2.28. The van der Waals surface area contributed by atoms with Crippen LogP contribution in [-0.4, -0.2) is 13.2 Å². The van der Waals surface area contributed by atoms with Gasteiger partial charge in [0, 0.05) is 11.5 Å². The topological polar surface area (TPSA) is 18.5 Å². The Hall–Kier alpha value is -1.99. The van der Waals surface area contributed by atoms with Crippen molar-refractivity contribution in [2.24, 2.45) is 17.8 Å². The number of hydrogen-bond donors (Lipinski definition) is 0. The van der Waals surface area contributed by atoms with Crippen molar-refractivity contribution >= 4 is 0 Å². The van der Waals surface area contributed by atoms with E-state index in [2.05, 4.69) is 6.92 Å². The second-order valence-electron chi connectivity index (χ2n) is 10.1. The maximum absolute atomic E-state index is 14.8. The molecule has 4 rings (SSSR count). The van der Waals surface area contributed by atoms with Gasteiger partial charge in [-0.15, -0.1) is 0 Å². The Labute approximate surface area is 203 Å².